The number of rotatable bonds is 7. The Hall–Kier alpha value is -3.41. The molecule has 0 radical (unpaired) electrons. The van der Waals surface area contributed by atoms with Gasteiger partial charge >= 0.3 is 0 Å². The first-order chi connectivity index (χ1) is 16.5. The third-order valence-corrected chi connectivity index (χ3v) is 6.81. The molecular weight excluding hydrogens is 491 g/mol. The molecule has 0 saturated heterocycles. The van der Waals surface area contributed by atoms with Crippen molar-refractivity contribution in [1.82, 2.24) is 4.98 Å². The zero-order valence-corrected chi connectivity index (χ0v) is 21.0. The molecule has 9 heteroatoms. The predicted molar refractivity (Wildman–Crippen MR) is 134 cm³/mol. The van der Waals surface area contributed by atoms with Crippen molar-refractivity contribution in [2.24, 2.45) is 0 Å². The van der Waals surface area contributed by atoms with Crippen molar-refractivity contribution in [3.8, 4) is 17.6 Å². The number of nitrogens with one attached hydrogen (secondary N) is 1. The van der Waals surface area contributed by atoms with E-state index < -0.39 is 21.3 Å². The lowest BCUT2D eigenvalue weighted by Crippen LogP contribution is -2.26. The van der Waals surface area contributed by atoms with Crippen molar-refractivity contribution in [3.05, 3.63) is 82.9 Å². The van der Waals surface area contributed by atoms with Crippen LogP contribution in [0.25, 0.3) is 0 Å². The Morgan fingerprint density at radius 3 is 2.46 bits per heavy atom. The highest BCUT2D eigenvalue weighted by molar-refractivity contribution is 7.91. The number of carbonyl (C=O) groups is 1. The van der Waals surface area contributed by atoms with Crippen molar-refractivity contribution < 1.29 is 22.3 Å². The molecule has 0 aliphatic rings. The maximum atomic E-state index is 14.0. The Morgan fingerprint density at radius 2 is 1.86 bits per heavy atom. The average Bonchev–Trinajstić information content (AvgIpc) is 2.81. The van der Waals surface area contributed by atoms with E-state index >= 15 is 0 Å². The molecule has 0 spiro atoms. The van der Waals surface area contributed by atoms with E-state index in [1.54, 1.807) is 45.0 Å². The zero-order chi connectivity index (χ0) is 25.6. The number of carbonyl (C=O) groups excluding carboxylic acids is 1. The third-order valence-electron chi connectivity index (χ3n) is 4.83. The molecule has 0 fully saturated rings. The van der Waals surface area contributed by atoms with E-state index in [2.05, 4.69) is 22.1 Å². The number of anilines is 1. The van der Waals surface area contributed by atoms with Crippen LogP contribution >= 0.6 is 11.6 Å². The van der Waals surface area contributed by atoms with Crippen molar-refractivity contribution in [1.29, 1.82) is 0 Å². The number of sulfone groups is 1. The summed E-state index contributed by atoms with van der Waals surface area (Å²) in [4.78, 5) is 16.8. The van der Waals surface area contributed by atoms with Crippen LogP contribution in [0.4, 0.5) is 10.1 Å². The van der Waals surface area contributed by atoms with Crippen LogP contribution in [0.5, 0.6) is 5.75 Å². The molecule has 2 aromatic carbocycles. The topological polar surface area (TPSA) is 85.4 Å². The molecule has 0 saturated carbocycles. The van der Waals surface area contributed by atoms with E-state index in [-0.39, 0.29) is 33.7 Å². The van der Waals surface area contributed by atoms with Gasteiger partial charge in [0, 0.05) is 5.02 Å². The summed E-state index contributed by atoms with van der Waals surface area (Å²) in [5.41, 5.74) is 0.635. The van der Waals surface area contributed by atoms with Crippen LogP contribution in [-0.2, 0) is 21.1 Å². The van der Waals surface area contributed by atoms with Gasteiger partial charge in [0.05, 0.1) is 29.0 Å². The maximum Gasteiger partial charge on any atom is 0.228 e. The summed E-state index contributed by atoms with van der Waals surface area (Å²) in [5, 5.41) is 3.02. The maximum absolute atomic E-state index is 14.0. The Labute approximate surface area is 209 Å². The van der Waals surface area contributed by atoms with Gasteiger partial charge in [-0.3, -0.25) is 4.79 Å². The summed E-state index contributed by atoms with van der Waals surface area (Å²) in [6.45, 7) is 4.98. The first kappa shape index (κ1) is 26.2. The number of pyridine rings is 1. The van der Waals surface area contributed by atoms with Crippen molar-refractivity contribution in [2.75, 3.05) is 11.1 Å². The van der Waals surface area contributed by atoms with Crippen LogP contribution in [0.15, 0.2) is 65.7 Å². The number of aromatic nitrogens is 1. The number of amides is 1. The number of hydrogen-bond donors (Lipinski definition) is 1. The molecule has 6 nitrogen and oxygen atoms in total. The number of halogens is 2. The molecule has 0 atom stereocenters. The van der Waals surface area contributed by atoms with Gasteiger partial charge in [0.15, 0.2) is 27.0 Å². The Morgan fingerprint density at radius 1 is 1.14 bits per heavy atom. The monoisotopic (exact) mass is 514 g/mol. The van der Waals surface area contributed by atoms with E-state index in [1.165, 1.54) is 36.5 Å². The van der Waals surface area contributed by atoms with E-state index in [0.717, 1.165) is 0 Å². The quantitative estimate of drug-likeness (QED) is 0.445. The van der Waals surface area contributed by atoms with Crippen LogP contribution in [0.1, 0.15) is 32.0 Å². The highest BCUT2D eigenvalue weighted by atomic mass is 35.5. The molecule has 1 amide bonds. The Kier molecular flexibility index (Phi) is 8.15. The highest BCUT2D eigenvalue weighted by Crippen LogP contribution is 2.25. The van der Waals surface area contributed by atoms with E-state index in [0.29, 0.717) is 16.9 Å². The van der Waals surface area contributed by atoms with E-state index in [1.807, 2.05) is 0 Å². The van der Waals surface area contributed by atoms with Crippen molar-refractivity contribution in [2.45, 2.75) is 37.7 Å². The van der Waals surface area contributed by atoms with Crippen LogP contribution in [0.3, 0.4) is 0 Å². The number of benzene rings is 2. The first-order valence-corrected chi connectivity index (χ1v) is 12.8. The summed E-state index contributed by atoms with van der Waals surface area (Å²) < 4.78 is 43.4. The molecule has 0 bridgehead atoms. The van der Waals surface area contributed by atoms with Gasteiger partial charge in [-0.2, -0.15) is 0 Å². The number of nitrogens with zero attached hydrogens (tertiary/aromatic N) is 1. The molecule has 1 heterocycles. The molecule has 0 aliphatic heterocycles. The third kappa shape index (κ3) is 7.54. The van der Waals surface area contributed by atoms with Gasteiger partial charge in [0.1, 0.15) is 5.69 Å². The second-order valence-electron chi connectivity index (χ2n) is 8.14. The zero-order valence-electron chi connectivity index (χ0n) is 19.4. The van der Waals surface area contributed by atoms with Crippen LogP contribution in [0.2, 0.25) is 5.02 Å². The lowest BCUT2D eigenvalue weighted by molar-refractivity contribution is -0.115. The standard InChI is InChI=1S/C26H24ClFN2O4S/c1-4-35(32,33)22-10-5-18(6-11-22)15-25(31)30-21-9-8-20(29-17-21)13-14-26(2,3)34-24-12-7-19(27)16-23(24)28/h5-12,16-17H,4,15H2,1-3H3,(H,30,31). The van der Waals surface area contributed by atoms with Crippen LogP contribution in [0, 0.1) is 17.7 Å². The fraction of sp³-hybridized carbons (Fsp3) is 0.231. The second kappa shape index (κ2) is 10.9. The Balaban J connectivity index is 1.59. The smallest absolute Gasteiger partial charge is 0.228 e. The summed E-state index contributed by atoms with van der Waals surface area (Å²) in [6.07, 6.45) is 1.56. The summed E-state index contributed by atoms with van der Waals surface area (Å²) in [5.74, 6) is 5.01. The van der Waals surface area contributed by atoms with Gasteiger partial charge < -0.3 is 10.1 Å². The molecule has 1 N–H and O–H groups in total. The van der Waals surface area contributed by atoms with Gasteiger partial charge in [-0.1, -0.05) is 30.7 Å². The minimum Gasteiger partial charge on any atom is -0.472 e. The minimum atomic E-state index is -3.28. The normalized spacial score (nSPS) is 11.3. The van der Waals surface area contributed by atoms with Gasteiger partial charge in [-0.15, -0.1) is 0 Å². The minimum absolute atomic E-state index is 0.0195. The second-order valence-corrected chi connectivity index (χ2v) is 10.9. The largest absolute Gasteiger partial charge is 0.472 e. The summed E-state index contributed by atoms with van der Waals surface area (Å²) >= 11 is 5.76. The lowest BCUT2D eigenvalue weighted by Gasteiger charge is -2.20. The van der Waals surface area contributed by atoms with Gasteiger partial charge in [-0.05, 0) is 73.7 Å². The molecule has 0 aliphatic carbocycles. The summed E-state index contributed by atoms with van der Waals surface area (Å²) in [7, 11) is -3.28. The molecular formula is C26H24ClFN2O4S. The van der Waals surface area contributed by atoms with Gasteiger partial charge in [0.25, 0.3) is 0 Å². The molecule has 0 unspecified atom stereocenters. The molecule has 35 heavy (non-hydrogen) atoms. The molecule has 3 aromatic rings. The fourth-order valence-electron chi connectivity index (χ4n) is 2.99. The fourth-order valence-corrected chi connectivity index (χ4v) is 4.03. The SMILES string of the molecule is CCS(=O)(=O)c1ccc(CC(=O)Nc2ccc(C#CC(C)(C)Oc3ccc(Cl)cc3F)nc2)cc1. The summed E-state index contributed by atoms with van der Waals surface area (Å²) in [6, 6.07) is 13.7. The van der Waals surface area contributed by atoms with E-state index in [4.69, 9.17) is 16.3 Å². The molecule has 3 rings (SSSR count). The number of ether oxygens (including phenoxy) is 1. The highest BCUT2D eigenvalue weighted by Gasteiger charge is 2.19. The van der Waals surface area contributed by atoms with Crippen LogP contribution < -0.4 is 10.1 Å². The molecule has 1 aromatic heterocycles. The first-order valence-electron chi connectivity index (χ1n) is 10.7. The van der Waals surface area contributed by atoms with Gasteiger partial charge in [-0.25, -0.2) is 17.8 Å². The Bertz CT molecular complexity index is 1380. The van der Waals surface area contributed by atoms with Crippen LogP contribution in [-0.4, -0.2) is 30.7 Å². The molecule has 182 valence electrons. The van der Waals surface area contributed by atoms with Crippen molar-refractivity contribution >= 4 is 33.0 Å². The average molecular weight is 515 g/mol. The van der Waals surface area contributed by atoms with Crippen molar-refractivity contribution in [3.63, 3.8) is 0 Å². The number of hydrogen-bond acceptors (Lipinski definition) is 5. The van der Waals surface area contributed by atoms with E-state index in [9.17, 15) is 17.6 Å². The van der Waals surface area contributed by atoms with Gasteiger partial charge in [0.2, 0.25) is 5.91 Å². The predicted octanol–water partition coefficient (Wildman–Crippen LogP) is 5.06. The lowest BCUT2D eigenvalue weighted by atomic mass is 10.1.